The molecule has 0 saturated carbocycles. The van der Waals surface area contributed by atoms with Gasteiger partial charge in [-0.25, -0.2) is 0 Å². The average Bonchev–Trinajstić information content (AvgIpc) is 2.43. The maximum Gasteiger partial charge on any atom is 0.254 e. The summed E-state index contributed by atoms with van der Waals surface area (Å²) in [4.78, 5) is 24.3. The first-order chi connectivity index (χ1) is 9.50. The Bertz CT molecular complexity index is 689. The predicted molar refractivity (Wildman–Crippen MR) is 80.0 cm³/mol. The van der Waals surface area contributed by atoms with Crippen LogP contribution in [0.4, 0.5) is 5.69 Å². The fraction of sp³-hybridized carbons (Fsp3) is 0.250. The van der Waals surface area contributed by atoms with Crippen molar-refractivity contribution >= 4 is 11.6 Å². The number of benzene rings is 1. The number of aromatic nitrogens is 1. The largest absolute Gasteiger partial charge is 0.324 e. The molecule has 0 spiro atoms. The summed E-state index contributed by atoms with van der Waals surface area (Å²) in [7, 11) is 0. The Balaban J connectivity index is 2.24. The van der Waals surface area contributed by atoms with Gasteiger partial charge < -0.3 is 9.88 Å². The van der Waals surface area contributed by atoms with Crippen LogP contribution in [0.3, 0.4) is 0 Å². The van der Waals surface area contributed by atoms with Gasteiger partial charge in [-0.05, 0) is 38.5 Å². The van der Waals surface area contributed by atoms with Gasteiger partial charge in [0, 0.05) is 17.4 Å². The molecule has 104 valence electrons. The van der Waals surface area contributed by atoms with Gasteiger partial charge in [0.1, 0.15) is 6.04 Å². The molecule has 1 amide bonds. The van der Waals surface area contributed by atoms with Crippen molar-refractivity contribution in [3.63, 3.8) is 0 Å². The van der Waals surface area contributed by atoms with Crippen LogP contribution >= 0.6 is 0 Å². The van der Waals surface area contributed by atoms with Gasteiger partial charge in [0.15, 0.2) is 0 Å². The smallest absolute Gasteiger partial charge is 0.254 e. The molecule has 4 nitrogen and oxygen atoms in total. The minimum absolute atomic E-state index is 0.139. The second kappa shape index (κ2) is 5.74. The van der Waals surface area contributed by atoms with E-state index in [1.165, 1.54) is 4.57 Å². The molecule has 2 rings (SSSR count). The fourth-order valence-corrected chi connectivity index (χ4v) is 2.00. The third kappa shape index (κ3) is 2.79. The number of hydrogen-bond acceptors (Lipinski definition) is 2. The fourth-order valence-electron chi connectivity index (χ4n) is 2.00. The molecule has 20 heavy (non-hydrogen) atoms. The number of nitrogens with zero attached hydrogens (tertiary/aromatic N) is 1. The molecule has 0 saturated heterocycles. The van der Waals surface area contributed by atoms with Gasteiger partial charge in [0.05, 0.1) is 0 Å². The molecule has 0 aliphatic heterocycles. The standard InChI is InChI=1S/C16H18N2O2/c1-11-7-4-5-9-14(11)17-15(19)13(3)18-10-6-8-12(2)16(18)20/h4-10,13H,1-3H3,(H,17,19). The minimum Gasteiger partial charge on any atom is -0.324 e. The number of carbonyl (C=O) groups excluding carboxylic acids is 1. The molecule has 2 aromatic rings. The first-order valence-corrected chi connectivity index (χ1v) is 6.55. The van der Waals surface area contributed by atoms with E-state index in [1.54, 1.807) is 32.2 Å². The highest BCUT2D eigenvalue weighted by molar-refractivity contribution is 5.94. The van der Waals surface area contributed by atoms with Crippen molar-refractivity contribution in [3.8, 4) is 0 Å². The van der Waals surface area contributed by atoms with Crippen LogP contribution in [0.2, 0.25) is 0 Å². The Morgan fingerprint density at radius 2 is 1.75 bits per heavy atom. The number of para-hydroxylation sites is 1. The van der Waals surface area contributed by atoms with Crippen LogP contribution in [-0.4, -0.2) is 10.5 Å². The van der Waals surface area contributed by atoms with Gasteiger partial charge in [-0.1, -0.05) is 24.3 Å². The van der Waals surface area contributed by atoms with E-state index in [9.17, 15) is 9.59 Å². The molecular weight excluding hydrogens is 252 g/mol. The van der Waals surface area contributed by atoms with Gasteiger partial charge in [-0.3, -0.25) is 9.59 Å². The Morgan fingerprint density at radius 1 is 1.10 bits per heavy atom. The summed E-state index contributed by atoms with van der Waals surface area (Å²) in [6.45, 7) is 5.39. The number of hydrogen-bond donors (Lipinski definition) is 1. The van der Waals surface area contributed by atoms with Crippen molar-refractivity contribution in [1.29, 1.82) is 0 Å². The van der Waals surface area contributed by atoms with Crippen LogP contribution in [-0.2, 0) is 4.79 Å². The Labute approximate surface area is 118 Å². The van der Waals surface area contributed by atoms with E-state index in [0.717, 1.165) is 11.3 Å². The van der Waals surface area contributed by atoms with Crippen molar-refractivity contribution in [2.24, 2.45) is 0 Å². The number of amides is 1. The molecule has 1 atom stereocenters. The zero-order chi connectivity index (χ0) is 14.7. The summed E-state index contributed by atoms with van der Waals surface area (Å²) >= 11 is 0. The Kier molecular flexibility index (Phi) is 4.03. The molecule has 0 aliphatic carbocycles. The number of rotatable bonds is 3. The van der Waals surface area contributed by atoms with E-state index < -0.39 is 6.04 Å². The number of carbonyl (C=O) groups is 1. The van der Waals surface area contributed by atoms with Crippen molar-refractivity contribution < 1.29 is 4.79 Å². The summed E-state index contributed by atoms with van der Waals surface area (Å²) in [5.41, 5.74) is 2.25. The highest BCUT2D eigenvalue weighted by Crippen LogP contribution is 2.15. The van der Waals surface area contributed by atoms with Crippen LogP contribution in [0.25, 0.3) is 0 Å². The maximum absolute atomic E-state index is 12.3. The van der Waals surface area contributed by atoms with Crippen molar-refractivity contribution in [1.82, 2.24) is 4.57 Å². The number of nitrogens with one attached hydrogen (secondary N) is 1. The lowest BCUT2D eigenvalue weighted by atomic mass is 10.2. The zero-order valence-corrected chi connectivity index (χ0v) is 11.9. The highest BCUT2D eigenvalue weighted by Gasteiger charge is 2.17. The van der Waals surface area contributed by atoms with Crippen LogP contribution in [0.5, 0.6) is 0 Å². The number of pyridine rings is 1. The minimum atomic E-state index is -0.554. The maximum atomic E-state index is 12.3. The molecular formula is C16H18N2O2. The van der Waals surface area contributed by atoms with Gasteiger partial charge in [0.25, 0.3) is 5.56 Å². The predicted octanol–water partition coefficient (Wildman–Crippen LogP) is 2.66. The molecule has 0 fully saturated rings. The van der Waals surface area contributed by atoms with Crippen molar-refractivity contribution in [2.75, 3.05) is 5.32 Å². The number of anilines is 1. The summed E-state index contributed by atoms with van der Waals surface area (Å²) in [6, 6.07) is 10.5. The lowest BCUT2D eigenvalue weighted by Gasteiger charge is -2.16. The topological polar surface area (TPSA) is 51.1 Å². The summed E-state index contributed by atoms with van der Waals surface area (Å²) in [5, 5.41) is 2.86. The average molecular weight is 270 g/mol. The lowest BCUT2D eigenvalue weighted by Crippen LogP contribution is -2.32. The number of aryl methyl sites for hydroxylation is 2. The Morgan fingerprint density at radius 3 is 2.45 bits per heavy atom. The third-order valence-corrected chi connectivity index (χ3v) is 3.36. The molecule has 0 bridgehead atoms. The van der Waals surface area contributed by atoms with E-state index in [2.05, 4.69) is 5.32 Å². The summed E-state index contributed by atoms with van der Waals surface area (Å²) in [6.07, 6.45) is 1.64. The highest BCUT2D eigenvalue weighted by atomic mass is 16.2. The third-order valence-electron chi connectivity index (χ3n) is 3.36. The quantitative estimate of drug-likeness (QED) is 0.932. The molecule has 1 aromatic heterocycles. The molecule has 1 unspecified atom stereocenters. The Hall–Kier alpha value is -2.36. The van der Waals surface area contributed by atoms with E-state index in [-0.39, 0.29) is 11.5 Å². The monoisotopic (exact) mass is 270 g/mol. The van der Waals surface area contributed by atoms with Gasteiger partial charge in [0.2, 0.25) is 5.91 Å². The van der Waals surface area contributed by atoms with Crippen LogP contribution < -0.4 is 10.9 Å². The molecule has 1 N–H and O–H groups in total. The molecule has 0 radical (unpaired) electrons. The first kappa shape index (κ1) is 14.1. The van der Waals surface area contributed by atoms with Gasteiger partial charge in [-0.2, -0.15) is 0 Å². The molecule has 1 heterocycles. The van der Waals surface area contributed by atoms with E-state index in [4.69, 9.17) is 0 Å². The molecule has 1 aromatic carbocycles. The summed E-state index contributed by atoms with van der Waals surface area (Å²) in [5.74, 6) is -0.202. The SMILES string of the molecule is Cc1ccccc1NC(=O)C(C)n1cccc(C)c1=O. The molecule has 0 aliphatic rings. The first-order valence-electron chi connectivity index (χ1n) is 6.55. The lowest BCUT2D eigenvalue weighted by molar-refractivity contribution is -0.118. The molecule has 4 heteroatoms. The van der Waals surface area contributed by atoms with Crippen LogP contribution in [0.15, 0.2) is 47.4 Å². The van der Waals surface area contributed by atoms with E-state index >= 15 is 0 Å². The zero-order valence-electron chi connectivity index (χ0n) is 11.9. The normalized spacial score (nSPS) is 11.9. The van der Waals surface area contributed by atoms with Gasteiger partial charge >= 0.3 is 0 Å². The van der Waals surface area contributed by atoms with Crippen LogP contribution in [0.1, 0.15) is 24.1 Å². The van der Waals surface area contributed by atoms with Crippen LogP contribution in [0, 0.1) is 13.8 Å². The summed E-state index contributed by atoms with van der Waals surface area (Å²) < 4.78 is 1.45. The van der Waals surface area contributed by atoms with E-state index in [1.807, 2.05) is 31.2 Å². The van der Waals surface area contributed by atoms with Gasteiger partial charge in [-0.15, -0.1) is 0 Å². The van der Waals surface area contributed by atoms with Crippen molar-refractivity contribution in [3.05, 3.63) is 64.1 Å². The second-order valence-corrected chi connectivity index (χ2v) is 4.88. The van der Waals surface area contributed by atoms with E-state index in [0.29, 0.717) is 5.56 Å². The second-order valence-electron chi connectivity index (χ2n) is 4.88. The van der Waals surface area contributed by atoms with Crippen molar-refractivity contribution in [2.45, 2.75) is 26.8 Å².